The van der Waals surface area contributed by atoms with Crippen LogP contribution in [0, 0.1) is 23.5 Å². The van der Waals surface area contributed by atoms with Crippen molar-refractivity contribution in [2.45, 2.75) is 24.2 Å². The molecule has 0 radical (unpaired) electrons. The lowest BCUT2D eigenvalue weighted by molar-refractivity contribution is 0.195. The second-order valence-corrected chi connectivity index (χ2v) is 7.74. The SMILES string of the molecule is O=S(=O)(NCC1CCCC1CO)c1c(F)cc(F)cc1Br. The van der Waals surface area contributed by atoms with Crippen LogP contribution < -0.4 is 4.72 Å². The Balaban J connectivity index is 2.16. The number of rotatable bonds is 5. The smallest absolute Gasteiger partial charge is 0.244 e. The lowest BCUT2D eigenvalue weighted by atomic mass is 9.97. The quantitative estimate of drug-likeness (QED) is 0.820. The summed E-state index contributed by atoms with van der Waals surface area (Å²) >= 11 is 2.87. The van der Waals surface area contributed by atoms with Gasteiger partial charge in [0.25, 0.3) is 0 Å². The fraction of sp³-hybridized carbons (Fsp3) is 0.538. The van der Waals surface area contributed by atoms with Gasteiger partial charge >= 0.3 is 0 Å². The summed E-state index contributed by atoms with van der Waals surface area (Å²) in [5.41, 5.74) is 0. The number of sulfonamides is 1. The summed E-state index contributed by atoms with van der Waals surface area (Å²) in [7, 11) is -4.08. The van der Waals surface area contributed by atoms with E-state index in [0.717, 1.165) is 25.3 Å². The molecule has 0 amide bonds. The largest absolute Gasteiger partial charge is 0.396 e. The molecule has 2 rings (SSSR count). The van der Waals surface area contributed by atoms with E-state index >= 15 is 0 Å². The highest BCUT2D eigenvalue weighted by Crippen LogP contribution is 2.31. The summed E-state index contributed by atoms with van der Waals surface area (Å²) in [4.78, 5) is -0.595. The van der Waals surface area contributed by atoms with Crippen LogP contribution in [0.25, 0.3) is 0 Å². The molecule has 0 aromatic heterocycles. The topological polar surface area (TPSA) is 66.4 Å². The Hall–Kier alpha value is -0.570. The minimum Gasteiger partial charge on any atom is -0.396 e. The van der Waals surface area contributed by atoms with E-state index in [-0.39, 0.29) is 29.5 Å². The number of nitrogens with one attached hydrogen (secondary N) is 1. The average molecular weight is 384 g/mol. The first-order valence-corrected chi connectivity index (χ1v) is 8.88. The minimum absolute atomic E-state index is 0.0149. The molecule has 1 saturated carbocycles. The van der Waals surface area contributed by atoms with Gasteiger partial charge in [-0.25, -0.2) is 21.9 Å². The molecule has 1 aliphatic carbocycles. The van der Waals surface area contributed by atoms with E-state index in [1.165, 1.54) is 0 Å². The molecule has 2 atom stereocenters. The zero-order valence-corrected chi connectivity index (χ0v) is 13.6. The zero-order chi connectivity index (χ0) is 15.6. The van der Waals surface area contributed by atoms with Crippen LogP contribution >= 0.6 is 15.9 Å². The van der Waals surface area contributed by atoms with Gasteiger partial charge in [-0.05, 0) is 46.7 Å². The Morgan fingerprint density at radius 3 is 2.57 bits per heavy atom. The van der Waals surface area contributed by atoms with Crippen LogP contribution in [0.4, 0.5) is 8.78 Å². The molecular formula is C13H16BrF2NO3S. The standard InChI is InChI=1S/C13H16BrF2NO3S/c14-11-4-10(15)5-12(16)13(11)21(19,20)17-6-8-2-1-3-9(8)7-18/h4-5,8-9,17-18H,1-3,6-7H2. The zero-order valence-electron chi connectivity index (χ0n) is 11.2. The highest BCUT2D eigenvalue weighted by molar-refractivity contribution is 9.10. The van der Waals surface area contributed by atoms with Crippen molar-refractivity contribution < 1.29 is 22.3 Å². The van der Waals surface area contributed by atoms with E-state index in [2.05, 4.69) is 20.7 Å². The first-order valence-electron chi connectivity index (χ1n) is 6.60. The first-order chi connectivity index (χ1) is 9.85. The third-order valence-electron chi connectivity index (χ3n) is 3.82. The van der Waals surface area contributed by atoms with Crippen molar-refractivity contribution in [1.29, 1.82) is 0 Å². The molecule has 2 unspecified atom stereocenters. The maximum atomic E-state index is 13.7. The highest BCUT2D eigenvalue weighted by Gasteiger charge is 2.29. The van der Waals surface area contributed by atoms with Crippen LogP contribution in [-0.2, 0) is 10.0 Å². The van der Waals surface area contributed by atoms with Gasteiger partial charge in [-0.2, -0.15) is 0 Å². The molecule has 21 heavy (non-hydrogen) atoms. The monoisotopic (exact) mass is 383 g/mol. The minimum atomic E-state index is -4.08. The van der Waals surface area contributed by atoms with E-state index < -0.39 is 26.6 Å². The van der Waals surface area contributed by atoms with Gasteiger partial charge in [0.1, 0.15) is 16.5 Å². The molecule has 1 aliphatic rings. The van der Waals surface area contributed by atoms with Crippen molar-refractivity contribution in [2.24, 2.45) is 11.8 Å². The normalized spacial score (nSPS) is 22.7. The molecule has 0 saturated heterocycles. The molecule has 0 bridgehead atoms. The van der Waals surface area contributed by atoms with Crippen LogP contribution in [0.5, 0.6) is 0 Å². The Kier molecular flexibility index (Phi) is 5.34. The number of halogens is 3. The second kappa shape index (κ2) is 6.68. The van der Waals surface area contributed by atoms with Crippen LogP contribution in [0.3, 0.4) is 0 Å². The number of aliphatic hydroxyl groups is 1. The van der Waals surface area contributed by atoms with E-state index in [4.69, 9.17) is 0 Å². The van der Waals surface area contributed by atoms with Crippen LogP contribution in [0.2, 0.25) is 0 Å². The summed E-state index contributed by atoms with van der Waals surface area (Å²) < 4.78 is 53.3. The lowest BCUT2D eigenvalue weighted by Gasteiger charge is -2.18. The fourth-order valence-electron chi connectivity index (χ4n) is 2.70. The molecule has 0 spiro atoms. The Bertz CT molecular complexity index is 601. The van der Waals surface area contributed by atoms with Crippen LogP contribution in [0.1, 0.15) is 19.3 Å². The maximum Gasteiger partial charge on any atom is 0.244 e. The molecule has 1 aromatic carbocycles. The third kappa shape index (κ3) is 3.80. The highest BCUT2D eigenvalue weighted by atomic mass is 79.9. The van der Waals surface area contributed by atoms with Gasteiger partial charge in [-0.3, -0.25) is 0 Å². The fourth-order valence-corrected chi connectivity index (χ4v) is 4.95. The van der Waals surface area contributed by atoms with E-state index in [0.29, 0.717) is 6.07 Å². The van der Waals surface area contributed by atoms with Gasteiger partial charge in [-0.15, -0.1) is 0 Å². The average Bonchev–Trinajstić information content (AvgIpc) is 2.82. The Morgan fingerprint density at radius 2 is 1.95 bits per heavy atom. The van der Waals surface area contributed by atoms with Crippen molar-refractivity contribution in [3.63, 3.8) is 0 Å². The predicted octanol–water partition coefficient (Wildman–Crippen LogP) is 2.41. The maximum absolute atomic E-state index is 13.7. The molecule has 118 valence electrons. The van der Waals surface area contributed by atoms with E-state index in [1.807, 2.05) is 0 Å². The van der Waals surface area contributed by atoms with Crippen molar-refractivity contribution in [2.75, 3.05) is 13.2 Å². The molecule has 1 aromatic rings. The Labute approximate surface area is 130 Å². The van der Waals surface area contributed by atoms with E-state index in [9.17, 15) is 22.3 Å². The molecule has 8 heteroatoms. The number of hydrogen-bond acceptors (Lipinski definition) is 3. The van der Waals surface area contributed by atoms with Crippen molar-refractivity contribution in [1.82, 2.24) is 4.72 Å². The third-order valence-corrected chi connectivity index (χ3v) is 6.21. The van der Waals surface area contributed by atoms with Crippen LogP contribution in [0.15, 0.2) is 21.5 Å². The second-order valence-electron chi connectivity index (χ2n) is 5.18. The van der Waals surface area contributed by atoms with Gasteiger partial charge < -0.3 is 5.11 Å². The molecule has 0 aliphatic heterocycles. The molecular weight excluding hydrogens is 368 g/mol. The molecule has 4 nitrogen and oxygen atoms in total. The van der Waals surface area contributed by atoms with Crippen molar-refractivity contribution in [3.8, 4) is 0 Å². The van der Waals surface area contributed by atoms with Gasteiger partial charge in [0.05, 0.1) is 0 Å². The Morgan fingerprint density at radius 1 is 1.29 bits per heavy atom. The number of benzene rings is 1. The van der Waals surface area contributed by atoms with Crippen LogP contribution in [-0.4, -0.2) is 26.7 Å². The number of hydrogen-bond donors (Lipinski definition) is 2. The van der Waals surface area contributed by atoms with Crippen molar-refractivity contribution in [3.05, 3.63) is 28.2 Å². The predicted molar refractivity (Wildman–Crippen MR) is 77.2 cm³/mol. The van der Waals surface area contributed by atoms with E-state index in [1.54, 1.807) is 0 Å². The summed E-state index contributed by atoms with van der Waals surface area (Å²) in [5, 5.41) is 9.22. The molecule has 2 N–H and O–H groups in total. The van der Waals surface area contributed by atoms with Gasteiger partial charge in [0, 0.05) is 23.7 Å². The summed E-state index contributed by atoms with van der Waals surface area (Å²) in [6, 6.07) is 1.44. The lowest BCUT2D eigenvalue weighted by Crippen LogP contribution is -2.32. The number of aliphatic hydroxyl groups excluding tert-OH is 1. The van der Waals surface area contributed by atoms with Gasteiger partial charge in [0.15, 0.2) is 0 Å². The summed E-state index contributed by atoms with van der Waals surface area (Å²) in [5.74, 6) is -1.89. The molecule has 1 fully saturated rings. The summed E-state index contributed by atoms with van der Waals surface area (Å²) in [6.45, 7) is 0.151. The first kappa shape index (κ1) is 16.8. The van der Waals surface area contributed by atoms with Gasteiger partial charge in [0.2, 0.25) is 10.0 Å². The summed E-state index contributed by atoms with van der Waals surface area (Å²) in [6.07, 6.45) is 2.62. The van der Waals surface area contributed by atoms with Gasteiger partial charge in [-0.1, -0.05) is 6.42 Å². The van der Waals surface area contributed by atoms with Crippen molar-refractivity contribution >= 4 is 26.0 Å². The molecule has 0 heterocycles.